The third-order valence-corrected chi connectivity index (χ3v) is 1.26. The van der Waals surface area contributed by atoms with Crippen LogP contribution in [-0.4, -0.2) is 37.7 Å². The van der Waals surface area contributed by atoms with E-state index in [1.807, 2.05) is 13.8 Å². The largest absolute Gasteiger partial charge is 0.448 e. The molecular formula is C8H17N3O3. The molecule has 0 fully saturated rings. The Balaban J connectivity index is 3.27. The molecule has 0 spiro atoms. The summed E-state index contributed by atoms with van der Waals surface area (Å²) in [5.41, 5.74) is 4.73. The summed E-state index contributed by atoms with van der Waals surface area (Å²) >= 11 is 0. The molecule has 0 aliphatic heterocycles. The van der Waals surface area contributed by atoms with E-state index < -0.39 is 6.09 Å². The second kappa shape index (κ2) is 7.14. The van der Waals surface area contributed by atoms with Gasteiger partial charge < -0.3 is 21.1 Å². The van der Waals surface area contributed by atoms with Gasteiger partial charge in [-0.25, -0.2) is 4.79 Å². The van der Waals surface area contributed by atoms with Crippen LogP contribution in [-0.2, 0) is 9.53 Å². The minimum atomic E-state index is -0.807. The summed E-state index contributed by atoms with van der Waals surface area (Å²) in [5.74, 6) is -0.0842. The maximum atomic E-state index is 11.0. The summed E-state index contributed by atoms with van der Waals surface area (Å²) in [7, 11) is 0. The first kappa shape index (κ1) is 12.7. The van der Waals surface area contributed by atoms with Crippen molar-refractivity contribution in [3.05, 3.63) is 0 Å². The van der Waals surface area contributed by atoms with Crippen molar-refractivity contribution >= 4 is 12.0 Å². The van der Waals surface area contributed by atoms with Gasteiger partial charge >= 0.3 is 6.09 Å². The third kappa shape index (κ3) is 8.79. The van der Waals surface area contributed by atoms with Gasteiger partial charge in [-0.05, 0) is 13.8 Å². The Kier molecular flexibility index (Phi) is 6.47. The highest BCUT2D eigenvalue weighted by Gasteiger charge is 2.01. The average molecular weight is 203 g/mol. The molecular weight excluding hydrogens is 186 g/mol. The number of nitrogens with two attached hydrogens (primary N) is 1. The van der Waals surface area contributed by atoms with Crippen LogP contribution in [0.3, 0.4) is 0 Å². The fraction of sp³-hybridized carbons (Fsp3) is 0.750. The quantitative estimate of drug-likeness (QED) is 0.492. The van der Waals surface area contributed by atoms with E-state index in [0.29, 0.717) is 6.54 Å². The molecule has 0 radical (unpaired) electrons. The SMILES string of the molecule is CC(C)NC(=O)CNCCOC(N)=O. The lowest BCUT2D eigenvalue weighted by Gasteiger charge is -2.08. The van der Waals surface area contributed by atoms with Crippen LogP contribution in [0.25, 0.3) is 0 Å². The number of amides is 2. The molecule has 0 aliphatic carbocycles. The number of nitrogens with one attached hydrogen (secondary N) is 2. The first-order chi connectivity index (χ1) is 6.52. The molecule has 0 aromatic rings. The molecule has 0 atom stereocenters. The minimum absolute atomic E-state index is 0.0842. The van der Waals surface area contributed by atoms with Crippen molar-refractivity contribution in [2.75, 3.05) is 19.7 Å². The summed E-state index contributed by atoms with van der Waals surface area (Å²) in [6.07, 6.45) is -0.807. The number of primary amides is 1. The number of hydrogen-bond acceptors (Lipinski definition) is 4. The lowest BCUT2D eigenvalue weighted by Crippen LogP contribution is -2.38. The van der Waals surface area contributed by atoms with E-state index in [9.17, 15) is 9.59 Å². The fourth-order valence-electron chi connectivity index (χ4n) is 0.799. The molecule has 6 nitrogen and oxygen atoms in total. The van der Waals surface area contributed by atoms with Gasteiger partial charge in [0.25, 0.3) is 0 Å². The van der Waals surface area contributed by atoms with Crippen molar-refractivity contribution < 1.29 is 14.3 Å². The van der Waals surface area contributed by atoms with Crippen molar-refractivity contribution in [1.29, 1.82) is 0 Å². The van der Waals surface area contributed by atoms with E-state index in [1.54, 1.807) is 0 Å². The zero-order valence-corrected chi connectivity index (χ0v) is 8.50. The molecule has 0 unspecified atom stereocenters. The smallest absolute Gasteiger partial charge is 0.404 e. The van der Waals surface area contributed by atoms with E-state index in [2.05, 4.69) is 15.4 Å². The average Bonchev–Trinajstić information content (AvgIpc) is 2.01. The summed E-state index contributed by atoms with van der Waals surface area (Å²) in [6.45, 7) is 4.56. The van der Waals surface area contributed by atoms with Crippen molar-refractivity contribution in [3.63, 3.8) is 0 Å². The number of carbonyl (C=O) groups excluding carboxylic acids is 2. The van der Waals surface area contributed by atoms with Gasteiger partial charge in [0.1, 0.15) is 6.61 Å². The van der Waals surface area contributed by atoms with Gasteiger partial charge in [-0.2, -0.15) is 0 Å². The van der Waals surface area contributed by atoms with Crippen molar-refractivity contribution in [1.82, 2.24) is 10.6 Å². The van der Waals surface area contributed by atoms with Crippen molar-refractivity contribution in [2.45, 2.75) is 19.9 Å². The minimum Gasteiger partial charge on any atom is -0.448 e. The maximum absolute atomic E-state index is 11.0. The third-order valence-electron chi connectivity index (χ3n) is 1.26. The molecule has 0 bridgehead atoms. The van der Waals surface area contributed by atoms with E-state index in [0.717, 1.165) is 0 Å². The monoisotopic (exact) mass is 203 g/mol. The van der Waals surface area contributed by atoms with Crippen LogP contribution in [0.1, 0.15) is 13.8 Å². The highest BCUT2D eigenvalue weighted by Crippen LogP contribution is 1.76. The van der Waals surface area contributed by atoms with Crippen LogP contribution in [0, 0.1) is 0 Å². The van der Waals surface area contributed by atoms with Gasteiger partial charge in [-0.15, -0.1) is 0 Å². The van der Waals surface area contributed by atoms with Gasteiger partial charge in [-0.1, -0.05) is 0 Å². The number of rotatable bonds is 6. The number of ether oxygens (including phenoxy) is 1. The van der Waals surface area contributed by atoms with Gasteiger partial charge in [-0.3, -0.25) is 4.79 Å². The van der Waals surface area contributed by atoms with E-state index in [4.69, 9.17) is 5.73 Å². The zero-order chi connectivity index (χ0) is 11.0. The summed E-state index contributed by atoms with van der Waals surface area (Å²) in [4.78, 5) is 21.2. The number of carbonyl (C=O) groups is 2. The van der Waals surface area contributed by atoms with Gasteiger partial charge in [0.15, 0.2) is 0 Å². The van der Waals surface area contributed by atoms with Crippen molar-refractivity contribution in [2.24, 2.45) is 5.73 Å². The fourth-order valence-corrected chi connectivity index (χ4v) is 0.799. The molecule has 0 saturated heterocycles. The second-order valence-electron chi connectivity index (χ2n) is 3.07. The van der Waals surface area contributed by atoms with Gasteiger partial charge in [0.2, 0.25) is 5.91 Å². The van der Waals surface area contributed by atoms with E-state index in [1.165, 1.54) is 0 Å². The first-order valence-electron chi connectivity index (χ1n) is 4.44. The zero-order valence-electron chi connectivity index (χ0n) is 8.50. The van der Waals surface area contributed by atoms with Crippen LogP contribution in [0.4, 0.5) is 4.79 Å². The Morgan fingerprint density at radius 3 is 2.57 bits per heavy atom. The summed E-state index contributed by atoms with van der Waals surface area (Å²) in [5, 5.41) is 5.51. The van der Waals surface area contributed by atoms with Crippen LogP contribution in [0.15, 0.2) is 0 Å². The number of hydrogen-bond donors (Lipinski definition) is 3. The predicted octanol–water partition coefficient (Wildman–Crippen LogP) is -0.804. The second-order valence-corrected chi connectivity index (χ2v) is 3.07. The molecule has 82 valence electrons. The molecule has 0 aromatic heterocycles. The van der Waals surface area contributed by atoms with Gasteiger partial charge in [0.05, 0.1) is 6.54 Å². The molecule has 0 aromatic carbocycles. The summed E-state index contributed by atoms with van der Waals surface area (Å²) < 4.78 is 4.45. The molecule has 2 amide bonds. The Morgan fingerprint density at radius 2 is 2.07 bits per heavy atom. The Hall–Kier alpha value is -1.30. The molecule has 4 N–H and O–H groups in total. The first-order valence-corrected chi connectivity index (χ1v) is 4.44. The Morgan fingerprint density at radius 1 is 1.43 bits per heavy atom. The van der Waals surface area contributed by atoms with Crippen LogP contribution in [0.5, 0.6) is 0 Å². The molecule has 0 saturated carbocycles. The molecule has 0 heterocycles. The Labute approximate surface area is 83.2 Å². The van der Waals surface area contributed by atoms with Crippen LogP contribution >= 0.6 is 0 Å². The topological polar surface area (TPSA) is 93.4 Å². The Bertz CT molecular complexity index is 194. The molecule has 6 heteroatoms. The standard InChI is InChI=1S/C8H17N3O3/c1-6(2)11-7(12)5-10-3-4-14-8(9)13/h6,10H,3-5H2,1-2H3,(H2,9,13)(H,11,12). The lowest BCUT2D eigenvalue weighted by atomic mass is 10.4. The van der Waals surface area contributed by atoms with Crippen LogP contribution < -0.4 is 16.4 Å². The highest BCUT2D eigenvalue weighted by molar-refractivity contribution is 5.78. The van der Waals surface area contributed by atoms with Crippen molar-refractivity contribution in [3.8, 4) is 0 Å². The summed E-state index contributed by atoms with van der Waals surface area (Å²) in [6, 6.07) is 0.131. The lowest BCUT2D eigenvalue weighted by molar-refractivity contribution is -0.120. The highest BCUT2D eigenvalue weighted by atomic mass is 16.5. The van der Waals surface area contributed by atoms with Crippen LogP contribution in [0.2, 0.25) is 0 Å². The predicted molar refractivity (Wildman–Crippen MR) is 51.7 cm³/mol. The molecule has 0 rings (SSSR count). The maximum Gasteiger partial charge on any atom is 0.404 e. The van der Waals surface area contributed by atoms with E-state index >= 15 is 0 Å². The molecule has 14 heavy (non-hydrogen) atoms. The normalized spacial score (nSPS) is 9.93. The van der Waals surface area contributed by atoms with E-state index in [-0.39, 0.29) is 25.1 Å². The molecule has 0 aliphatic rings. The van der Waals surface area contributed by atoms with Gasteiger partial charge in [0, 0.05) is 12.6 Å².